The van der Waals surface area contributed by atoms with Crippen molar-refractivity contribution in [3.05, 3.63) is 23.8 Å². The first kappa shape index (κ1) is 14.2. The lowest BCUT2D eigenvalue weighted by Gasteiger charge is -2.18. The van der Waals surface area contributed by atoms with Gasteiger partial charge in [0, 0.05) is 17.7 Å². The van der Waals surface area contributed by atoms with Crippen molar-refractivity contribution < 1.29 is 9.47 Å². The van der Waals surface area contributed by atoms with E-state index >= 15 is 0 Å². The third-order valence-electron chi connectivity index (χ3n) is 4.20. The number of benzene rings is 1. The third kappa shape index (κ3) is 3.63. The minimum atomic E-state index is 0.0569. The molecule has 0 aromatic heterocycles. The molecule has 0 saturated heterocycles. The van der Waals surface area contributed by atoms with Crippen LogP contribution in [-0.2, 0) is 0 Å². The highest BCUT2D eigenvalue weighted by Gasteiger charge is 2.18. The smallest absolute Gasteiger partial charge is 0.127 e. The number of rotatable bonds is 6. The highest BCUT2D eigenvalue weighted by atomic mass is 16.5. The van der Waals surface area contributed by atoms with Gasteiger partial charge in [0.05, 0.1) is 14.2 Å². The van der Waals surface area contributed by atoms with E-state index in [-0.39, 0.29) is 6.04 Å². The predicted molar refractivity (Wildman–Crippen MR) is 77.7 cm³/mol. The number of ether oxygens (including phenoxy) is 2. The molecule has 19 heavy (non-hydrogen) atoms. The zero-order chi connectivity index (χ0) is 13.7. The minimum absolute atomic E-state index is 0.0569. The first-order valence-corrected chi connectivity index (χ1v) is 7.22. The fourth-order valence-electron chi connectivity index (χ4n) is 2.99. The Morgan fingerprint density at radius 2 is 1.95 bits per heavy atom. The molecule has 0 amide bonds. The Bertz CT molecular complexity index is 400. The summed E-state index contributed by atoms with van der Waals surface area (Å²) in [5.41, 5.74) is 7.40. The van der Waals surface area contributed by atoms with Crippen LogP contribution in [0.15, 0.2) is 18.2 Å². The van der Waals surface area contributed by atoms with E-state index in [1.54, 1.807) is 14.2 Å². The van der Waals surface area contributed by atoms with Crippen LogP contribution in [0.3, 0.4) is 0 Å². The predicted octanol–water partition coefficient (Wildman–Crippen LogP) is 3.67. The molecule has 1 aromatic carbocycles. The molecule has 0 spiro atoms. The molecule has 3 nitrogen and oxygen atoms in total. The maximum absolute atomic E-state index is 6.32. The van der Waals surface area contributed by atoms with E-state index in [0.29, 0.717) is 0 Å². The molecule has 0 bridgehead atoms. The van der Waals surface area contributed by atoms with E-state index in [4.69, 9.17) is 15.2 Å². The summed E-state index contributed by atoms with van der Waals surface area (Å²) in [5.74, 6) is 2.53. The molecule has 2 rings (SSSR count). The van der Waals surface area contributed by atoms with Crippen molar-refractivity contribution >= 4 is 0 Å². The Kier molecular flexibility index (Phi) is 5.08. The molecular weight excluding hydrogens is 238 g/mol. The van der Waals surface area contributed by atoms with Gasteiger partial charge in [-0.25, -0.2) is 0 Å². The topological polar surface area (TPSA) is 44.5 Å². The van der Waals surface area contributed by atoms with Crippen molar-refractivity contribution in [2.75, 3.05) is 14.2 Å². The molecule has 1 saturated carbocycles. The summed E-state index contributed by atoms with van der Waals surface area (Å²) in [6, 6.07) is 5.94. The third-order valence-corrected chi connectivity index (χ3v) is 4.20. The van der Waals surface area contributed by atoms with Gasteiger partial charge in [0.15, 0.2) is 0 Å². The maximum Gasteiger partial charge on any atom is 0.127 e. The molecule has 1 atom stereocenters. The number of hydrogen-bond acceptors (Lipinski definition) is 3. The lowest BCUT2D eigenvalue weighted by molar-refractivity contribution is 0.384. The lowest BCUT2D eigenvalue weighted by atomic mass is 9.95. The zero-order valence-electron chi connectivity index (χ0n) is 12.0. The molecule has 3 heteroatoms. The molecule has 2 N–H and O–H groups in total. The van der Waals surface area contributed by atoms with Gasteiger partial charge in [0.1, 0.15) is 11.5 Å². The molecule has 1 fully saturated rings. The average Bonchev–Trinajstić information content (AvgIpc) is 2.97. The second-order valence-corrected chi connectivity index (χ2v) is 5.44. The van der Waals surface area contributed by atoms with E-state index in [0.717, 1.165) is 29.4 Å². The van der Waals surface area contributed by atoms with Crippen LogP contribution in [0.25, 0.3) is 0 Å². The summed E-state index contributed by atoms with van der Waals surface area (Å²) < 4.78 is 10.6. The van der Waals surface area contributed by atoms with Gasteiger partial charge in [-0.1, -0.05) is 31.7 Å². The zero-order valence-corrected chi connectivity index (χ0v) is 12.0. The number of nitrogens with two attached hydrogens (primary N) is 1. The summed E-state index contributed by atoms with van der Waals surface area (Å²) in [7, 11) is 3.34. The second-order valence-electron chi connectivity index (χ2n) is 5.44. The van der Waals surface area contributed by atoms with Crippen LogP contribution in [0.5, 0.6) is 11.5 Å². The Balaban J connectivity index is 1.98. The van der Waals surface area contributed by atoms with Crippen molar-refractivity contribution in [2.24, 2.45) is 11.7 Å². The van der Waals surface area contributed by atoms with Gasteiger partial charge in [-0.05, 0) is 24.8 Å². The number of methoxy groups -OCH3 is 2. The Morgan fingerprint density at radius 3 is 2.58 bits per heavy atom. The molecular formula is C16H25NO2. The first-order valence-electron chi connectivity index (χ1n) is 7.22. The molecule has 1 aromatic rings. The van der Waals surface area contributed by atoms with Crippen LogP contribution >= 0.6 is 0 Å². The molecule has 1 aliphatic carbocycles. The van der Waals surface area contributed by atoms with E-state index in [2.05, 4.69) is 0 Å². The van der Waals surface area contributed by atoms with Crippen molar-refractivity contribution in [1.82, 2.24) is 0 Å². The van der Waals surface area contributed by atoms with E-state index in [1.807, 2.05) is 18.2 Å². The standard InChI is InChI=1S/C16H25NO2/c1-18-13-8-9-14(16(11-13)19-2)15(17)10-7-12-5-3-4-6-12/h8-9,11-12,15H,3-7,10,17H2,1-2H3. The summed E-state index contributed by atoms with van der Waals surface area (Å²) in [6.45, 7) is 0. The Hall–Kier alpha value is -1.22. The highest BCUT2D eigenvalue weighted by Crippen LogP contribution is 2.34. The molecule has 1 unspecified atom stereocenters. The van der Waals surface area contributed by atoms with Gasteiger partial charge in [0.2, 0.25) is 0 Å². The van der Waals surface area contributed by atoms with Crippen LogP contribution in [0.4, 0.5) is 0 Å². The normalized spacial score (nSPS) is 17.4. The van der Waals surface area contributed by atoms with Crippen molar-refractivity contribution in [2.45, 2.75) is 44.6 Å². The minimum Gasteiger partial charge on any atom is -0.497 e. The van der Waals surface area contributed by atoms with Gasteiger partial charge in [-0.3, -0.25) is 0 Å². The summed E-state index contributed by atoms with van der Waals surface area (Å²) in [4.78, 5) is 0. The van der Waals surface area contributed by atoms with Crippen LogP contribution in [0.1, 0.15) is 50.1 Å². The van der Waals surface area contributed by atoms with Crippen LogP contribution in [0, 0.1) is 5.92 Å². The second kappa shape index (κ2) is 6.80. The Morgan fingerprint density at radius 1 is 1.21 bits per heavy atom. The van der Waals surface area contributed by atoms with E-state index < -0.39 is 0 Å². The quantitative estimate of drug-likeness (QED) is 0.851. The summed E-state index contributed by atoms with van der Waals surface area (Å²) in [5, 5.41) is 0. The monoisotopic (exact) mass is 263 g/mol. The van der Waals surface area contributed by atoms with Gasteiger partial charge in [0.25, 0.3) is 0 Å². The van der Waals surface area contributed by atoms with E-state index in [1.165, 1.54) is 32.1 Å². The lowest BCUT2D eigenvalue weighted by Crippen LogP contribution is -2.13. The SMILES string of the molecule is COc1ccc(C(N)CCC2CCCC2)c(OC)c1. The first-order chi connectivity index (χ1) is 9.24. The molecule has 1 aliphatic rings. The average molecular weight is 263 g/mol. The van der Waals surface area contributed by atoms with Gasteiger partial charge >= 0.3 is 0 Å². The van der Waals surface area contributed by atoms with Gasteiger partial charge in [-0.2, -0.15) is 0 Å². The number of hydrogen-bond donors (Lipinski definition) is 1. The van der Waals surface area contributed by atoms with Crippen molar-refractivity contribution in [3.8, 4) is 11.5 Å². The van der Waals surface area contributed by atoms with Crippen LogP contribution in [-0.4, -0.2) is 14.2 Å². The summed E-state index contributed by atoms with van der Waals surface area (Å²) >= 11 is 0. The fourth-order valence-corrected chi connectivity index (χ4v) is 2.99. The van der Waals surface area contributed by atoms with Crippen LogP contribution < -0.4 is 15.2 Å². The highest BCUT2D eigenvalue weighted by molar-refractivity contribution is 5.42. The van der Waals surface area contributed by atoms with Gasteiger partial charge < -0.3 is 15.2 Å². The van der Waals surface area contributed by atoms with E-state index in [9.17, 15) is 0 Å². The molecule has 106 valence electrons. The fraction of sp³-hybridized carbons (Fsp3) is 0.625. The van der Waals surface area contributed by atoms with Crippen LogP contribution in [0.2, 0.25) is 0 Å². The maximum atomic E-state index is 6.32. The molecule has 0 heterocycles. The molecule has 0 aliphatic heterocycles. The van der Waals surface area contributed by atoms with Crippen molar-refractivity contribution in [1.29, 1.82) is 0 Å². The summed E-state index contributed by atoms with van der Waals surface area (Å²) in [6.07, 6.45) is 7.82. The van der Waals surface area contributed by atoms with Gasteiger partial charge in [-0.15, -0.1) is 0 Å². The largest absolute Gasteiger partial charge is 0.497 e. The van der Waals surface area contributed by atoms with Crippen molar-refractivity contribution in [3.63, 3.8) is 0 Å². The Labute approximate surface area is 116 Å². The molecule has 0 radical (unpaired) electrons.